The number of anilines is 1. The lowest BCUT2D eigenvalue weighted by Gasteiger charge is -2.36. The Bertz CT molecular complexity index is 907. The van der Waals surface area contributed by atoms with E-state index in [1.165, 1.54) is 13.8 Å². The van der Waals surface area contributed by atoms with Crippen molar-refractivity contribution in [1.82, 2.24) is 4.90 Å². The highest BCUT2D eigenvalue weighted by Crippen LogP contribution is 2.24. The average Bonchev–Trinajstić information content (AvgIpc) is 2.68. The van der Waals surface area contributed by atoms with Crippen molar-refractivity contribution in [3.05, 3.63) is 59.7 Å². The van der Waals surface area contributed by atoms with Gasteiger partial charge in [0.15, 0.2) is 5.60 Å². The molecule has 154 valence electrons. The molecule has 1 fully saturated rings. The Morgan fingerprint density at radius 3 is 2.17 bits per heavy atom. The van der Waals surface area contributed by atoms with E-state index in [-0.39, 0.29) is 5.56 Å². The summed E-state index contributed by atoms with van der Waals surface area (Å²) < 4.78 is 32.4. The maximum Gasteiger partial charge on any atom is 0.347 e. The monoisotopic (exact) mass is 404 g/mol. The van der Waals surface area contributed by atoms with Crippen LogP contribution in [0.15, 0.2) is 42.5 Å². The molecule has 3 rings (SSSR count). The summed E-state index contributed by atoms with van der Waals surface area (Å²) in [5.41, 5.74) is -0.559. The molecule has 0 spiro atoms. The zero-order valence-electron chi connectivity index (χ0n) is 16.2. The van der Waals surface area contributed by atoms with Crippen LogP contribution in [0, 0.1) is 11.6 Å². The predicted molar refractivity (Wildman–Crippen MR) is 103 cm³/mol. The minimum absolute atomic E-state index is 0.137. The Morgan fingerprint density at radius 1 is 1.00 bits per heavy atom. The number of nitrogens with zero attached hydrogens (tertiary/aromatic N) is 2. The van der Waals surface area contributed by atoms with Crippen molar-refractivity contribution in [3.8, 4) is 5.75 Å². The lowest BCUT2D eigenvalue weighted by atomic mass is 10.1. The molecule has 8 heteroatoms. The van der Waals surface area contributed by atoms with E-state index in [2.05, 4.69) is 4.90 Å². The van der Waals surface area contributed by atoms with Crippen molar-refractivity contribution in [1.29, 1.82) is 0 Å². The first-order chi connectivity index (χ1) is 13.7. The second kappa shape index (κ2) is 8.06. The summed E-state index contributed by atoms with van der Waals surface area (Å²) in [7, 11) is 0. The van der Waals surface area contributed by atoms with Crippen molar-refractivity contribution in [2.75, 3.05) is 31.1 Å². The number of benzene rings is 2. The summed E-state index contributed by atoms with van der Waals surface area (Å²) in [6, 6.07) is 9.99. The number of halogens is 2. The molecule has 1 saturated heterocycles. The third kappa shape index (κ3) is 4.64. The minimum atomic E-state index is -1.33. The Hall–Kier alpha value is -3.16. The van der Waals surface area contributed by atoms with Crippen molar-refractivity contribution in [3.63, 3.8) is 0 Å². The molecule has 6 nitrogen and oxygen atoms in total. The van der Waals surface area contributed by atoms with Gasteiger partial charge in [0.2, 0.25) is 0 Å². The maximum atomic E-state index is 13.9. The molecule has 0 radical (unpaired) electrons. The number of rotatable bonds is 5. The van der Waals surface area contributed by atoms with Gasteiger partial charge in [-0.3, -0.25) is 4.79 Å². The van der Waals surface area contributed by atoms with E-state index >= 15 is 0 Å². The largest absolute Gasteiger partial charge is 0.478 e. The molecule has 1 heterocycles. The lowest BCUT2D eigenvalue weighted by molar-refractivity contribution is -0.152. The fourth-order valence-electron chi connectivity index (χ4n) is 3.06. The first kappa shape index (κ1) is 20.6. The molecule has 1 N–H and O–H groups in total. The van der Waals surface area contributed by atoms with E-state index < -0.39 is 29.1 Å². The Kier molecular flexibility index (Phi) is 5.72. The zero-order valence-corrected chi connectivity index (χ0v) is 16.2. The average molecular weight is 404 g/mol. The molecule has 0 aromatic heterocycles. The second-order valence-electron chi connectivity index (χ2n) is 7.31. The fraction of sp³-hybridized carbons (Fsp3) is 0.333. The molecule has 0 unspecified atom stereocenters. The van der Waals surface area contributed by atoms with Crippen LogP contribution in [0.1, 0.15) is 24.2 Å². The van der Waals surface area contributed by atoms with Crippen molar-refractivity contribution in [2.24, 2.45) is 0 Å². The molecule has 0 saturated carbocycles. The van der Waals surface area contributed by atoms with Crippen LogP contribution in [0.2, 0.25) is 0 Å². The van der Waals surface area contributed by atoms with Crippen molar-refractivity contribution in [2.45, 2.75) is 19.4 Å². The first-order valence-corrected chi connectivity index (χ1v) is 9.19. The number of carboxylic acids is 1. The van der Waals surface area contributed by atoms with Gasteiger partial charge in [-0.2, -0.15) is 0 Å². The van der Waals surface area contributed by atoms with Gasteiger partial charge < -0.3 is 19.6 Å². The van der Waals surface area contributed by atoms with E-state index in [0.29, 0.717) is 38.0 Å². The number of carboxylic acid groups (broad SMARTS) is 1. The lowest BCUT2D eigenvalue weighted by Crippen LogP contribution is -2.49. The van der Waals surface area contributed by atoms with Gasteiger partial charge in [-0.1, -0.05) is 0 Å². The van der Waals surface area contributed by atoms with Crippen LogP contribution in [-0.2, 0) is 4.79 Å². The number of piperazine rings is 1. The number of hydrogen-bond donors (Lipinski definition) is 1. The van der Waals surface area contributed by atoms with E-state index in [9.17, 15) is 18.4 Å². The van der Waals surface area contributed by atoms with Crippen molar-refractivity contribution >= 4 is 17.6 Å². The van der Waals surface area contributed by atoms with Gasteiger partial charge in [0.1, 0.15) is 17.4 Å². The molecule has 0 bridgehead atoms. The van der Waals surface area contributed by atoms with Crippen LogP contribution >= 0.6 is 0 Å². The van der Waals surface area contributed by atoms with E-state index in [1.54, 1.807) is 17.0 Å². The fourth-order valence-corrected chi connectivity index (χ4v) is 3.06. The Morgan fingerprint density at radius 2 is 1.62 bits per heavy atom. The Balaban J connectivity index is 1.60. The van der Waals surface area contributed by atoms with Gasteiger partial charge in [-0.25, -0.2) is 13.6 Å². The molecule has 2 aromatic carbocycles. The van der Waals surface area contributed by atoms with Crippen molar-refractivity contribution < 1.29 is 28.2 Å². The molecule has 2 aromatic rings. The third-order valence-electron chi connectivity index (χ3n) is 4.82. The normalized spacial score (nSPS) is 14.6. The second-order valence-corrected chi connectivity index (χ2v) is 7.31. The quantitative estimate of drug-likeness (QED) is 0.829. The highest BCUT2D eigenvalue weighted by atomic mass is 19.1. The van der Waals surface area contributed by atoms with Crippen LogP contribution in [0.3, 0.4) is 0 Å². The Labute approximate surface area is 167 Å². The van der Waals surface area contributed by atoms with E-state index in [0.717, 1.165) is 17.8 Å². The molecular weight excluding hydrogens is 382 g/mol. The van der Waals surface area contributed by atoms with Gasteiger partial charge >= 0.3 is 5.97 Å². The number of aliphatic carboxylic acids is 1. The smallest absolute Gasteiger partial charge is 0.347 e. The van der Waals surface area contributed by atoms with Crippen LogP contribution in [-0.4, -0.2) is 53.7 Å². The minimum Gasteiger partial charge on any atom is -0.478 e. The first-order valence-electron chi connectivity index (χ1n) is 9.19. The summed E-state index contributed by atoms with van der Waals surface area (Å²) in [5, 5.41) is 9.14. The zero-order chi connectivity index (χ0) is 21.2. The molecular formula is C21H22F2N2O4. The number of carbonyl (C=O) groups excluding carboxylic acids is 1. The van der Waals surface area contributed by atoms with Crippen LogP contribution in [0.5, 0.6) is 5.75 Å². The summed E-state index contributed by atoms with van der Waals surface area (Å²) in [6.07, 6.45) is 0. The van der Waals surface area contributed by atoms with Gasteiger partial charge in [-0.05, 0) is 50.2 Å². The highest BCUT2D eigenvalue weighted by molar-refractivity contribution is 5.94. The third-order valence-corrected chi connectivity index (χ3v) is 4.82. The molecule has 1 amide bonds. The summed E-state index contributed by atoms with van der Waals surface area (Å²) in [6.45, 7) is 4.86. The van der Waals surface area contributed by atoms with Gasteiger partial charge in [0, 0.05) is 37.9 Å². The summed E-state index contributed by atoms with van der Waals surface area (Å²) in [5.74, 6) is -2.65. The number of amides is 1. The van der Waals surface area contributed by atoms with Gasteiger partial charge in [-0.15, -0.1) is 0 Å². The van der Waals surface area contributed by atoms with Gasteiger partial charge in [0.05, 0.1) is 5.56 Å². The number of ether oxygens (including phenoxy) is 1. The van der Waals surface area contributed by atoms with Crippen LogP contribution < -0.4 is 9.64 Å². The SMILES string of the molecule is CC(C)(Oc1ccc(N2CCN(C(=O)c3ccc(F)cc3F)CC2)cc1)C(=O)O. The molecule has 1 aliphatic heterocycles. The number of hydrogen-bond acceptors (Lipinski definition) is 4. The molecule has 0 aliphatic carbocycles. The standard InChI is InChI=1S/C21H22F2N2O4/c1-21(2,20(27)28)29-16-6-4-15(5-7-16)24-9-11-25(12-10-24)19(26)17-8-3-14(22)13-18(17)23/h3-8,13H,9-12H2,1-2H3,(H,27,28). The number of carbonyl (C=O) groups is 2. The van der Waals surface area contributed by atoms with E-state index in [1.807, 2.05) is 12.1 Å². The maximum absolute atomic E-state index is 13.9. The molecule has 1 aliphatic rings. The summed E-state index contributed by atoms with van der Waals surface area (Å²) in [4.78, 5) is 27.3. The topological polar surface area (TPSA) is 70.1 Å². The van der Waals surface area contributed by atoms with Gasteiger partial charge in [0.25, 0.3) is 5.91 Å². The van der Waals surface area contributed by atoms with E-state index in [4.69, 9.17) is 9.84 Å². The predicted octanol–water partition coefficient (Wildman–Crippen LogP) is 3.17. The molecule has 29 heavy (non-hydrogen) atoms. The van der Waals surface area contributed by atoms with Crippen LogP contribution in [0.4, 0.5) is 14.5 Å². The molecule has 0 atom stereocenters. The highest BCUT2D eigenvalue weighted by Gasteiger charge is 2.29. The summed E-state index contributed by atoms with van der Waals surface area (Å²) >= 11 is 0. The van der Waals surface area contributed by atoms with Crippen LogP contribution in [0.25, 0.3) is 0 Å².